The third-order valence-electron chi connectivity index (χ3n) is 6.31. The summed E-state index contributed by atoms with van der Waals surface area (Å²) in [6.45, 7) is 6.53. The lowest BCUT2D eigenvalue weighted by atomic mass is 9.98. The van der Waals surface area contributed by atoms with Gasteiger partial charge in [-0.1, -0.05) is 35.3 Å². The number of thiazole rings is 1. The van der Waals surface area contributed by atoms with Crippen LogP contribution >= 0.6 is 27.3 Å². The molecule has 0 spiro atoms. The Balaban J connectivity index is 1.72. The second-order valence-corrected chi connectivity index (χ2v) is 10.7. The number of anilines is 1. The number of fused-ring (bicyclic) bond motifs is 2. The normalized spacial score (nSPS) is 15.0. The molecule has 0 saturated carbocycles. The molecule has 36 heavy (non-hydrogen) atoms. The summed E-state index contributed by atoms with van der Waals surface area (Å²) >= 11 is 4.84. The van der Waals surface area contributed by atoms with Crippen molar-refractivity contribution in [2.75, 3.05) is 18.6 Å². The number of aryl methyl sites for hydroxylation is 2. The number of amides is 1. The minimum Gasteiger partial charge on any atom is -0.493 e. The summed E-state index contributed by atoms with van der Waals surface area (Å²) in [7, 11) is 1.57. The van der Waals surface area contributed by atoms with E-state index in [4.69, 9.17) is 13.9 Å². The number of hydrogen-bond donors (Lipinski definition) is 0. The monoisotopic (exact) mass is 568 g/mol. The van der Waals surface area contributed by atoms with Crippen LogP contribution in [0.1, 0.15) is 58.1 Å². The number of aromatic nitrogens is 1. The number of hydrogen-bond acceptors (Lipinski definition) is 7. The van der Waals surface area contributed by atoms with E-state index >= 15 is 0 Å². The lowest BCUT2D eigenvalue weighted by Gasteiger charge is -2.23. The van der Waals surface area contributed by atoms with Crippen molar-refractivity contribution in [2.45, 2.75) is 39.7 Å². The number of unbranched alkanes of at least 4 members (excludes halogenated alkanes) is 1. The first-order chi connectivity index (χ1) is 17.3. The van der Waals surface area contributed by atoms with E-state index in [1.54, 1.807) is 30.2 Å². The maximum atomic E-state index is 13.8. The van der Waals surface area contributed by atoms with Crippen molar-refractivity contribution in [1.82, 2.24) is 4.98 Å². The Labute approximate surface area is 220 Å². The fourth-order valence-corrected chi connectivity index (χ4v) is 5.61. The zero-order valence-electron chi connectivity index (χ0n) is 20.4. The summed E-state index contributed by atoms with van der Waals surface area (Å²) in [5.41, 5.74) is 1.94. The van der Waals surface area contributed by atoms with Gasteiger partial charge in [0.05, 0.1) is 36.4 Å². The highest BCUT2D eigenvalue weighted by Gasteiger charge is 2.45. The topological polar surface area (TPSA) is 81.9 Å². The Morgan fingerprint density at radius 3 is 2.64 bits per heavy atom. The fraction of sp³-hybridized carbons (Fsp3) is 0.296. The van der Waals surface area contributed by atoms with Crippen LogP contribution in [-0.4, -0.2) is 24.6 Å². The van der Waals surface area contributed by atoms with E-state index in [-0.39, 0.29) is 16.8 Å². The van der Waals surface area contributed by atoms with Gasteiger partial charge in [0.15, 0.2) is 22.1 Å². The highest BCUT2D eigenvalue weighted by Crippen LogP contribution is 2.44. The van der Waals surface area contributed by atoms with E-state index in [9.17, 15) is 9.59 Å². The summed E-state index contributed by atoms with van der Waals surface area (Å²) < 4.78 is 18.3. The van der Waals surface area contributed by atoms with Crippen molar-refractivity contribution in [3.05, 3.63) is 78.6 Å². The second-order valence-electron chi connectivity index (χ2n) is 8.64. The number of halogens is 1. The molecule has 1 unspecified atom stereocenters. The van der Waals surface area contributed by atoms with Crippen LogP contribution in [0, 0.1) is 13.8 Å². The largest absolute Gasteiger partial charge is 0.493 e. The lowest BCUT2D eigenvalue weighted by molar-refractivity contribution is 0.0971. The summed E-state index contributed by atoms with van der Waals surface area (Å²) in [4.78, 5) is 34.8. The molecule has 1 atom stereocenters. The summed E-state index contributed by atoms with van der Waals surface area (Å²) in [6.07, 6.45) is 1.94. The third-order valence-corrected chi connectivity index (χ3v) is 7.88. The van der Waals surface area contributed by atoms with Crippen molar-refractivity contribution >= 4 is 49.3 Å². The number of benzene rings is 2. The molecular weight excluding hydrogens is 544 g/mol. The predicted octanol–water partition coefficient (Wildman–Crippen LogP) is 6.57. The Hall–Kier alpha value is -3.17. The standard InChI is InChI=1S/C27H25BrN2O5S/c1-5-6-11-34-20-9-7-16(12-21(20)33-4)23-22-24(31)18-13-17(28)8-10-19(18)35-25(22)26(32)30(23)27-29-14(2)15(3)36-27/h7-10,12-13,23H,5-6,11H2,1-4H3. The van der Waals surface area contributed by atoms with Crippen LogP contribution < -0.4 is 19.8 Å². The molecule has 1 aliphatic heterocycles. The quantitative estimate of drug-likeness (QED) is 0.234. The van der Waals surface area contributed by atoms with Gasteiger partial charge in [0, 0.05) is 9.35 Å². The maximum Gasteiger partial charge on any atom is 0.297 e. The van der Waals surface area contributed by atoms with Crippen LogP contribution in [0.3, 0.4) is 0 Å². The van der Waals surface area contributed by atoms with E-state index < -0.39 is 11.9 Å². The Kier molecular flexibility index (Phi) is 6.61. The molecule has 5 rings (SSSR count). The molecule has 0 saturated heterocycles. The molecular formula is C27H25BrN2O5S. The molecule has 7 nitrogen and oxygen atoms in total. The highest BCUT2D eigenvalue weighted by molar-refractivity contribution is 9.10. The van der Waals surface area contributed by atoms with Gasteiger partial charge in [-0.3, -0.25) is 14.5 Å². The van der Waals surface area contributed by atoms with Gasteiger partial charge in [-0.05, 0) is 56.2 Å². The Bertz CT molecular complexity index is 1520. The Morgan fingerprint density at radius 1 is 1.14 bits per heavy atom. The SMILES string of the molecule is CCCCOc1ccc(C2c3c(oc4ccc(Br)cc4c3=O)C(=O)N2c2nc(C)c(C)s2)cc1OC. The van der Waals surface area contributed by atoms with Crippen molar-refractivity contribution < 1.29 is 18.7 Å². The van der Waals surface area contributed by atoms with Gasteiger partial charge in [0.1, 0.15) is 5.58 Å². The maximum absolute atomic E-state index is 13.8. The van der Waals surface area contributed by atoms with Crippen LogP contribution in [0.2, 0.25) is 0 Å². The molecule has 1 aliphatic rings. The van der Waals surface area contributed by atoms with Gasteiger partial charge in [-0.2, -0.15) is 0 Å². The average molecular weight is 569 g/mol. The number of nitrogens with zero attached hydrogens (tertiary/aromatic N) is 2. The van der Waals surface area contributed by atoms with Gasteiger partial charge >= 0.3 is 0 Å². The van der Waals surface area contributed by atoms with Crippen LogP contribution in [0.25, 0.3) is 11.0 Å². The Morgan fingerprint density at radius 2 is 1.94 bits per heavy atom. The highest BCUT2D eigenvalue weighted by atomic mass is 79.9. The molecule has 9 heteroatoms. The second kappa shape index (κ2) is 9.71. The van der Waals surface area contributed by atoms with E-state index in [1.165, 1.54) is 11.3 Å². The molecule has 2 aromatic carbocycles. The molecule has 4 aromatic rings. The van der Waals surface area contributed by atoms with Gasteiger partial charge in [-0.25, -0.2) is 4.98 Å². The van der Waals surface area contributed by atoms with E-state index in [1.807, 2.05) is 32.0 Å². The van der Waals surface area contributed by atoms with Gasteiger partial charge in [0.25, 0.3) is 5.91 Å². The van der Waals surface area contributed by atoms with E-state index in [2.05, 4.69) is 27.8 Å². The van der Waals surface area contributed by atoms with Gasteiger partial charge in [0.2, 0.25) is 5.76 Å². The van der Waals surface area contributed by atoms with E-state index in [0.29, 0.717) is 39.8 Å². The van der Waals surface area contributed by atoms with Crippen molar-refractivity contribution in [3.63, 3.8) is 0 Å². The van der Waals surface area contributed by atoms with E-state index in [0.717, 1.165) is 27.9 Å². The fourth-order valence-electron chi connectivity index (χ4n) is 4.32. The predicted molar refractivity (Wildman–Crippen MR) is 144 cm³/mol. The van der Waals surface area contributed by atoms with Crippen LogP contribution in [0.5, 0.6) is 11.5 Å². The number of ether oxygens (including phenoxy) is 2. The molecule has 3 heterocycles. The molecule has 1 amide bonds. The zero-order valence-corrected chi connectivity index (χ0v) is 22.8. The number of methoxy groups -OCH3 is 1. The zero-order chi connectivity index (χ0) is 25.6. The van der Waals surface area contributed by atoms with Gasteiger partial charge in [-0.15, -0.1) is 11.3 Å². The van der Waals surface area contributed by atoms with Gasteiger partial charge < -0.3 is 13.9 Å². The third kappa shape index (κ3) is 4.10. The molecule has 0 aliphatic carbocycles. The molecule has 0 fully saturated rings. The molecule has 2 aromatic heterocycles. The van der Waals surface area contributed by atoms with Crippen molar-refractivity contribution in [3.8, 4) is 11.5 Å². The number of carbonyl (C=O) groups excluding carboxylic acids is 1. The summed E-state index contributed by atoms with van der Waals surface area (Å²) in [5.74, 6) is 0.783. The first kappa shape index (κ1) is 24.5. The van der Waals surface area contributed by atoms with Crippen LogP contribution in [0.4, 0.5) is 5.13 Å². The summed E-state index contributed by atoms with van der Waals surface area (Å²) in [6, 6.07) is 9.96. The first-order valence-electron chi connectivity index (χ1n) is 11.7. The first-order valence-corrected chi connectivity index (χ1v) is 13.3. The molecule has 0 bridgehead atoms. The smallest absolute Gasteiger partial charge is 0.297 e. The minimum absolute atomic E-state index is 0.0348. The molecule has 0 N–H and O–H groups in total. The lowest BCUT2D eigenvalue weighted by Crippen LogP contribution is -2.29. The molecule has 186 valence electrons. The summed E-state index contributed by atoms with van der Waals surface area (Å²) in [5, 5.41) is 0.916. The minimum atomic E-state index is -0.726. The van der Waals surface area contributed by atoms with Crippen LogP contribution in [0.15, 0.2) is 50.1 Å². The van der Waals surface area contributed by atoms with Crippen molar-refractivity contribution in [2.24, 2.45) is 0 Å². The van der Waals surface area contributed by atoms with Crippen LogP contribution in [-0.2, 0) is 0 Å². The average Bonchev–Trinajstić information content (AvgIpc) is 3.35. The van der Waals surface area contributed by atoms with Crippen molar-refractivity contribution in [1.29, 1.82) is 0 Å². The number of rotatable bonds is 7. The number of carbonyl (C=O) groups is 1. The molecule has 0 radical (unpaired) electrons.